The summed E-state index contributed by atoms with van der Waals surface area (Å²) in [6.45, 7) is 2.96. The van der Waals surface area contributed by atoms with Gasteiger partial charge < -0.3 is 10.5 Å². The van der Waals surface area contributed by atoms with Crippen molar-refractivity contribution in [2.45, 2.75) is 31.9 Å². The minimum absolute atomic E-state index is 0.306. The molecule has 1 aliphatic heterocycles. The predicted octanol–water partition coefficient (Wildman–Crippen LogP) is 0.513. The molecule has 1 rings (SSSR count). The molecular weight excluding hydrogens is 102 g/mol. The lowest BCUT2D eigenvalue weighted by Gasteiger charge is -2.27. The lowest BCUT2D eigenvalue weighted by molar-refractivity contribution is -0.0568. The van der Waals surface area contributed by atoms with Gasteiger partial charge in [-0.1, -0.05) is 0 Å². The molecule has 1 aliphatic rings. The zero-order valence-corrected chi connectivity index (χ0v) is 5.26. The Morgan fingerprint density at radius 2 is 2.50 bits per heavy atom. The van der Waals surface area contributed by atoms with Gasteiger partial charge in [-0.15, -0.1) is 0 Å². The van der Waals surface area contributed by atoms with Crippen LogP contribution in [0.5, 0.6) is 0 Å². The Morgan fingerprint density at radius 1 is 1.88 bits per heavy atom. The van der Waals surface area contributed by atoms with E-state index in [0.717, 1.165) is 13.0 Å². The minimum atomic E-state index is 0.306. The molecule has 0 aromatic rings. The maximum atomic E-state index is 5.52. The third-order valence-corrected chi connectivity index (χ3v) is 1.43. The van der Waals surface area contributed by atoms with E-state index >= 15 is 0 Å². The van der Waals surface area contributed by atoms with Crippen molar-refractivity contribution in [3.8, 4) is 0 Å². The zero-order chi connectivity index (χ0) is 5.98. The van der Waals surface area contributed by atoms with Gasteiger partial charge in [0.05, 0.1) is 6.10 Å². The second-order valence-corrected chi connectivity index (χ2v) is 2.49. The molecule has 0 aliphatic carbocycles. The van der Waals surface area contributed by atoms with E-state index in [1.54, 1.807) is 0 Å². The fourth-order valence-corrected chi connectivity index (χ4v) is 0.885. The maximum absolute atomic E-state index is 5.52. The summed E-state index contributed by atoms with van der Waals surface area (Å²) in [5, 5.41) is 0. The molecule has 0 amide bonds. The molecule has 0 radical (unpaired) electrons. The molecule has 0 aromatic heterocycles. The van der Waals surface area contributed by atoms with E-state index in [0.29, 0.717) is 12.1 Å². The smallest absolute Gasteiger partial charge is 0.0611 e. The van der Waals surface area contributed by atoms with E-state index in [1.807, 2.05) is 6.92 Å². The van der Waals surface area contributed by atoms with Gasteiger partial charge in [0.1, 0.15) is 0 Å². The number of ether oxygens (including phenoxy) is 1. The summed E-state index contributed by atoms with van der Waals surface area (Å²) in [6, 6.07) is 0.306. The molecule has 0 bridgehead atoms. The zero-order valence-electron chi connectivity index (χ0n) is 5.26. The molecule has 1 unspecified atom stereocenters. The van der Waals surface area contributed by atoms with Crippen LogP contribution >= 0.6 is 0 Å². The van der Waals surface area contributed by atoms with Crippen molar-refractivity contribution in [3.63, 3.8) is 0 Å². The Morgan fingerprint density at radius 3 is 2.62 bits per heavy atom. The van der Waals surface area contributed by atoms with Crippen LogP contribution in [0.1, 0.15) is 19.8 Å². The molecule has 48 valence electrons. The molecule has 1 heterocycles. The summed E-state index contributed by atoms with van der Waals surface area (Å²) in [5.74, 6) is 0. The van der Waals surface area contributed by atoms with Gasteiger partial charge in [0.2, 0.25) is 0 Å². The van der Waals surface area contributed by atoms with Crippen LogP contribution < -0.4 is 5.73 Å². The number of hydrogen-bond donors (Lipinski definition) is 1. The minimum Gasteiger partial charge on any atom is -0.378 e. The lowest BCUT2D eigenvalue weighted by atomic mass is 10.1. The molecular formula is C6H13NO. The Kier molecular flexibility index (Phi) is 1.86. The van der Waals surface area contributed by atoms with Crippen LogP contribution in [0.15, 0.2) is 0 Å². The Balaban J connectivity index is 2.01. The van der Waals surface area contributed by atoms with Crippen LogP contribution in [0.2, 0.25) is 0 Å². The molecule has 2 atom stereocenters. The second kappa shape index (κ2) is 2.46. The molecule has 2 N–H and O–H groups in total. The summed E-state index contributed by atoms with van der Waals surface area (Å²) in [6.07, 6.45) is 2.72. The van der Waals surface area contributed by atoms with Crippen molar-refractivity contribution in [2.75, 3.05) is 6.61 Å². The van der Waals surface area contributed by atoms with Crippen molar-refractivity contribution in [1.82, 2.24) is 0 Å². The fourth-order valence-electron chi connectivity index (χ4n) is 0.885. The van der Waals surface area contributed by atoms with E-state index in [2.05, 4.69) is 0 Å². The van der Waals surface area contributed by atoms with Gasteiger partial charge in [0, 0.05) is 12.6 Å². The van der Waals surface area contributed by atoms with Gasteiger partial charge in [-0.3, -0.25) is 0 Å². The third-order valence-electron chi connectivity index (χ3n) is 1.43. The van der Waals surface area contributed by atoms with Gasteiger partial charge >= 0.3 is 0 Å². The average Bonchev–Trinajstić information content (AvgIpc) is 1.55. The predicted molar refractivity (Wildman–Crippen MR) is 32.6 cm³/mol. The highest BCUT2D eigenvalue weighted by Crippen LogP contribution is 2.15. The van der Waals surface area contributed by atoms with Crippen LogP contribution in [0.25, 0.3) is 0 Å². The van der Waals surface area contributed by atoms with Crippen LogP contribution in [-0.2, 0) is 4.74 Å². The molecule has 1 fully saturated rings. The third kappa shape index (κ3) is 1.46. The fraction of sp³-hybridized carbons (Fsp3) is 1.00. The number of hydrogen-bond acceptors (Lipinski definition) is 2. The van der Waals surface area contributed by atoms with E-state index < -0.39 is 0 Å². The Bertz CT molecular complexity index is 68.9. The highest BCUT2D eigenvalue weighted by atomic mass is 16.5. The summed E-state index contributed by atoms with van der Waals surface area (Å²) in [7, 11) is 0. The average molecular weight is 115 g/mol. The standard InChI is InChI=1S/C6H13NO/c1-5(7)4-6-2-3-8-6/h5-6H,2-4,7H2,1H3/t5-,6?/m0/s1. The summed E-state index contributed by atoms with van der Waals surface area (Å²) in [4.78, 5) is 0. The first-order chi connectivity index (χ1) is 3.79. The largest absolute Gasteiger partial charge is 0.378 e. The second-order valence-electron chi connectivity index (χ2n) is 2.49. The topological polar surface area (TPSA) is 35.2 Å². The lowest BCUT2D eigenvalue weighted by Crippen LogP contribution is -2.32. The van der Waals surface area contributed by atoms with E-state index in [-0.39, 0.29) is 0 Å². The molecule has 2 heteroatoms. The normalized spacial score (nSPS) is 31.5. The van der Waals surface area contributed by atoms with E-state index in [1.165, 1.54) is 6.42 Å². The Hall–Kier alpha value is -0.0800. The highest BCUT2D eigenvalue weighted by molar-refractivity contribution is 4.70. The molecule has 0 aromatic carbocycles. The molecule has 2 nitrogen and oxygen atoms in total. The summed E-state index contributed by atoms with van der Waals surface area (Å²) in [5.41, 5.74) is 5.52. The SMILES string of the molecule is C[C@H](N)CC1CCO1. The van der Waals surface area contributed by atoms with E-state index in [4.69, 9.17) is 10.5 Å². The van der Waals surface area contributed by atoms with Crippen LogP contribution in [0.4, 0.5) is 0 Å². The maximum Gasteiger partial charge on any atom is 0.0611 e. The van der Waals surface area contributed by atoms with Crippen molar-refractivity contribution in [1.29, 1.82) is 0 Å². The van der Waals surface area contributed by atoms with Gasteiger partial charge in [-0.2, -0.15) is 0 Å². The number of rotatable bonds is 2. The van der Waals surface area contributed by atoms with Gasteiger partial charge in [-0.05, 0) is 19.8 Å². The van der Waals surface area contributed by atoms with Crippen molar-refractivity contribution < 1.29 is 4.74 Å². The quantitative estimate of drug-likeness (QED) is 0.569. The summed E-state index contributed by atoms with van der Waals surface area (Å²) >= 11 is 0. The molecule has 0 spiro atoms. The van der Waals surface area contributed by atoms with Crippen LogP contribution in [-0.4, -0.2) is 18.8 Å². The molecule has 8 heavy (non-hydrogen) atoms. The first-order valence-electron chi connectivity index (χ1n) is 3.16. The monoisotopic (exact) mass is 115 g/mol. The highest BCUT2D eigenvalue weighted by Gasteiger charge is 2.18. The van der Waals surface area contributed by atoms with Gasteiger partial charge in [-0.25, -0.2) is 0 Å². The molecule has 0 saturated carbocycles. The van der Waals surface area contributed by atoms with Gasteiger partial charge in [0.15, 0.2) is 0 Å². The molecule has 1 saturated heterocycles. The first-order valence-corrected chi connectivity index (χ1v) is 3.16. The number of nitrogens with two attached hydrogens (primary N) is 1. The van der Waals surface area contributed by atoms with Crippen molar-refractivity contribution >= 4 is 0 Å². The Labute approximate surface area is 50.0 Å². The van der Waals surface area contributed by atoms with Gasteiger partial charge in [0.25, 0.3) is 0 Å². The van der Waals surface area contributed by atoms with E-state index in [9.17, 15) is 0 Å². The van der Waals surface area contributed by atoms with Crippen molar-refractivity contribution in [2.24, 2.45) is 5.73 Å². The van der Waals surface area contributed by atoms with Crippen LogP contribution in [0, 0.1) is 0 Å². The van der Waals surface area contributed by atoms with Crippen molar-refractivity contribution in [3.05, 3.63) is 0 Å². The summed E-state index contributed by atoms with van der Waals surface area (Å²) < 4.78 is 5.16. The van der Waals surface area contributed by atoms with Crippen LogP contribution in [0.3, 0.4) is 0 Å². The first kappa shape index (κ1) is 6.05.